The molecule has 0 radical (unpaired) electrons. The van der Waals surface area contributed by atoms with Gasteiger partial charge in [0.2, 0.25) is 0 Å². The van der Waals surface area contributed by atoms with Crippen molar-refractivity contribution in [1.82, 2.24) is 0 Å². The third-order valence-electron chi connectivity index (χ3n) is 3.22. The predicted octanol–water partition coefficient (Wildman–Crippen LogP) is 1.82. The van der Waals surface area contributed by atoms with Crippen molar-refractivity contribution in [2.75, 3.05) is 0 Å². The summed E-state index contributed by atoms with van der Waals surface area (Å²) in [5.41, 5.74) is 0. The average Bonchev–Trinajstić information content (AvgIpc) is 2.53. The maximum absolute atomic E-state index is 11.8. The van der Waals surface area contributed by atoms with Crippen LogP contribution >= 0.6 is 0 Å². The molecule has 4 heteroatoms. The molecule has 1 aliphatic rings. The van der Waals surface area contributed by atoms with Gasteiger partial charge in [0.15, 0.2) is 0 Å². The first-order valence-electron chi connectivity index (χ1n) is 5.75. The summed E-state index contributed by atoms with van der Waals surface area (Å²) in [5.74, 6) is -0.667. The van der Waals surface area contributed by atoms with E-state index in [1.165, 1.54) is 6.92 Å². The van der Waals surface area contributed by atoms with Crippen LogP contribution in [0.3, 0.4) is 0 Å². The van der Waals surface area contributed by atoms with Crippen LogP contribution in [0.5, 0.6) is 0 Å². The van der Waals surface area contributed by atoms with Gasteiger partial charge in [0, 0.05) is 24.7 Å². The summed E-state index contributed by atoms with van der Waals surface area (Å²) in [7, 11) is 0. The van der Waals surface area contributed by atoms with Gasteiger partial charge in [-0.15, -0.1) is 0 Å². The zero-order valence-electron chi connectivity index (χ0n) is 9.57. The Hall–Kier alpha value is -1.19. The molecule has 0 spiro atoms. The molecule has 0 aliphatic heterocycles. The summed E-state index contributed by atoms with van der Waals surface area (Å²) < 4.78 is 0. The molecule has 0 aromatic rings. The van der Waals surface area contributed by atoms with Gasteiger partial charge in [0.25, 0.3) is 0 Å². The van der Waals surface area contributed by atoms with Crippen LogP contribution in [-0.2, 0) is 14.4 Å². The molecule has 0 aromatic carbocycles. The Morgan fingerprint density at radius 2 is 1.69 bits per heavy atom. The molecule has 4 nitrogen and oxygen atoms in total. The summed E-state index contributed by atoms with van der Waals surface area (Å²) in [6.07, 6.45) is 3.21. The topological polar surface area (TPSA) is 71.4 Å². The Labute approximate surface area is 95.0 Å². The maximum Gasteiger partial charge on any atom is 0.303 e. The van der Waals surface area contributed by atoms with E-state index in [9.17, 15) is 14.4 Å². The highest BCUT2D eigenvalue weighted by atomic mass is 16.4. The molecule has 0 saturated heterocycles. The molecule has 16 heavy (non-hydrogen) atoms. The van der Waals surface area contributed by atoms with Crippen LogP contribution in [0.15, 0.2) is 0 Å². The minimum atomic E-state index is -0.847. The first kappa shape index (κ1) is 12.9. The lowest BCUT2D eigenvalue weighted by molar-refractivity contribution is -0.137. The van der Waals surface area contributed by atoms with Crippen LogP contribution in [0.2, 0.25) is 0 Å². The van der Waals surface area contributed by atoms with E-state index in [2.05, 4.69) is 0 Å². The molecular weight excluding hydrogens is 208 g/mol. The minimum Gasteiger partial charge on any atom is -0.481 e. The van der Waals surface area contributed by atoms with Gasteiger partial charge >= 0.3 is 5.97 Å². The van der Waals surface area contributed by atoms with Gasteiger partial charge < -0.3 is 9.90 Å². The highest BCUT2D eigenvalue weighted by Gasteiger charge is 2.33. The van der Waals surface area contributed by atoms with Crippen LogP contribution in [0.1, 0.15) is 45.4 Å². The van der Waals surface area contributed by atoms with E-state index in [0.717, 1.165) is 12.8 Å². The minimum absolute atomic E-state index is 0.0114. The summed E-state index contributed by atoms with van der Waals surface area (Å²) in [6.45, 7) is 1.53. The Kier molecular flexibility index (Phi) is 4.65. The Balaban J connectivity index is 2.35. The van der Waals surface area contributed by atoms with E-state index in [0.29, 0.717) is 19.3 Å². The number of carbonyl (C=O) groups excluding carboxylic acids is 2. The number of Topliss-reactive ketones (excluding diaryl/α,β-unsaturated/α-hetero) is 2. The smallest absolute Gasteiger partial charge is 0.303 e. The van der Waals surface area contributed by atoms with Crippen molar-refractivity contribution >= 4 is 17.5 Å². The molecule has 0 aromatic heterocycles. The molecule has 0 heterocycles. The van der Waals surface area contributed by atoms with Crippen molar-refractivity contribution in [1.29, 1.82) is 0 Å². The highest BCUT2D eigenvalue weighted by Crippen LogP contribution is 2.33. The molecule has 0 bridgehead atoms. The normalized spacial score (nSPS) is 24.7. The molecule has 90 valence electrons. The van der Waals surface area contributed by atoms with Crippen LogP contribution in [0.4, 0.5) is 0 Å². The Morgan fingerprint density at radius 1 is 1.19 bits per heavy atom. The molecule has 0 amide bonds. The van der Waals surface area contributed by atoms with Crippen molar-refractivity contribution in [2.24, 2.45) is 11.8 Å². The number of hydrogen-bond acceptors (Lipinski definition) is 3. The fourth-order valence-electron chi connectivity index (χ4n) is 2.27. The first-order chi connectivity index (χ1) is 7.50. The number of ketones is 2. The molecule has 2 atom stereocenters. The predicted molar refractivity (Wildman–Crippen MR) is 58.0 cm³/mol. The number of hydrogen-bond donors (Lipinski definition) is 1. The fraction of sp³-hybridized carbons (Fsp3) is 0.750. The highest BCUT2D eigenvalue weighted by molar-refractivity contribution is 5.86. The molecule has 1 aliphatic carbocycles. The second kappa shape index (κ2) is 5.77. The zero-order valence-corrected chi connectivity index (χ0v) is 9.57. The monoisotopic (exact) mass is 226 g/mol. The fourth-order valence-corrected chi connectivity index (χ4v) is 2.27. The number of carboxylic acids is 1. The summed E-state index contributed by atoms with van der Waals surface area (Å²) in [5, 5.41) is 8.55. The van der Waals surface area contributed by atoms with Crippen molar-refractivity contribution in [3.8, 4) is 0 Å². The van der Waals surface area contributed by atoms with E-state index >= 15 is 0 Å². The summed E-state index contributed by atoms with van der Waals surface area (Å²) in [4.78, 5) is 33.0. The lowest BCUT2D eigenvalue weighted by atomic mass is 9.95. The summed E-state index contributed by atoms with van der Waals surface area (Å²) in [6, 6.07) is 0. The quantitative estimate of drug-likeness (QED) is 0.749. The van der Waals surface area contributed by atoms with Gasteiger partial charge in [-0.3, -0.25) is 9.59 Å². The largest absolute Gasteiger partial charge is 0.481 e. The van der Waals surface area contributed by atoms with Crippen LogP contribution in [0, 0.1) is 11.8 Å². The zero-order chi connectivity index (χ0) is 12.1. The van der Waals surface area contributed by atoms with Crippen molar-refractivity contribution in [3.05, 3.63) is 0 Å². The number of rotatable bonds is 6. The summed E-state index contributed by atoms with van der Waals surface area (Å²) >= 11 is 0. The van der Waals surface area contributed by atoms with E-state index < -0.39 is 5.97 Å². The van der Waals surface area contributed by atoms with E-state index in [1.54, 1.807) is 0 Å². The Bertz CT molecular complexity index is 267. The van der Waals surface area contributed by atoms with Gasteiger partial charge in [-0.25, -0.2) is 0 Å². The molecule has 1 fully saturated rings. The van der Waals surface area contributed by atoms with Crippen LogP contribution in [0.25, 0.3) is 0 Å². The SMILES string of the molecule is CC(=O)CC[C@@H]1CC[C@@H](CCC(=O)O)C1=O. The molecule has 1 rings (SSSR count). The van der Waals surface area contributed by atoms with Crippen LogP contribution in [-0.4, -0.2) is 22.6 Å². The molecule has 0 unspecified atom stereocenters. The standard InChI is InChI=1S/C12H18O4/c1-8(13)2-3-9-4-5-10(12(9)16)6-7-11(14)15/h9-10H,2-7H2,1H3,(H,14,15)/t9-,10+/m1/s1. The third-order valence-corrected chi connectivity index (χ3v) is 3.22. The first-order valence-corrected chi connectivity index (χ1v) is 5.75. The van der Waals surface area contributed by atoms with Gasteiger partial charge in [0.05, 0.1) is 0 Å². The van der Waals surface area contributed by atoms with Crippen molar-refractivity contribution in [2.45, 2.75) is 45.4 Å². The van der Waals surface area contributed by atoms with E-state index in [-0.39, 0.29) is 29.8 Å². The van der Waals surface area contributed by atoms with Crippen LogP contribution < -0.4 is 0 Å². The number of aliphatic carboxylic acids is 1. The van der Waals surface area contributed by atoms with Gasteiger partial charge in [-0.1, -0.05) is 0 Å². The third kappa shape index (κ3) is 3.76. The van der Waals surface area contributed by atoms with Gasteiger partial charge in [-0.05, 0) is 32.6 Å². The Morgan fingerprint density at radius 3 is 2.12 bits per heavy atom. The van der Waals surface area contributed by atoms with E-state index in [1.807, 2.05) is 0 Å². The van der Waals surface area contributed by atoms with Gasteiger partial charge in [0.1, 0.15) is 11.6 Å². The van der Waals surface area contributed by atoms with E-state index in [4.69, 9.17) is 5.11 Å². The second-order valence-electron chi connectivity index (χ2n) is 4.55. The van der Waals surface area contributed by atoms with Crippen molar-refractivity contribution in [3.63, 3.8) is 0 Å². The number of carboxylic acid groups (broad SMARTS) is 1. The lowest BCUT2D eigenvalue weighted by Crippen LogP contribution is -2.16. The second-order valence-corrected chi connectivity index (χ2v) is 4.55. The number of carbonyl (C=O) groups is 3. The average molecular weight is 226 g/mol. The van der Waals surface area contributed by atoms with Gasteiger partial charge in [-0.2, -0.15) is 0 Å². The molecule has 1 saturated carbocycles. The maximum atomic E-state index is 11.8. The molecular formula is C12H18O4. The molecule has 1 N–H and O–H groups in total. The lowest BCUT2D eigenvalue weighted by Gasteiger charge is -2.08. The van der Waals surface area contributed by atoms with Crippen molar-refractivity contribution < 1.29 is 19.5 Å².